The average molecular weight is 642 g/mol. The zero-order valence-corrected chi connectivity index (χ0v) is 26.2. The summed E-state index contributed by atoms with van der Waals surface area (Å²) in [6, 6.07) is 24.9. The van der Waals surface area contributed by atoms with E-state index in [1.165, 1.54) is 0 Å². The molecule has 0 radical (unpaired) electrons. The maximum absolute atomic E-state index is 13.1. The normalized spacial score (nSPS) is 15.3. The molecule has 1 atom stereocenters. The molecule has 1 aromatic heterocycles. The number of anilines is 1. The fourth-order valence-electron chi connectivity index (χ4n) is 5.94. The second-order valence-electron chi connectivity index (χ2n) is 11.5. The van der Waals surface area contributed by atoms with Gasteiger partial charge in [0.1, 0.15) is 6.61 Å². The third kappa shape index (κ3) is 8.99. The van der Waals surface area contributed by atoms with E-state index in [2.05, 4.69) is 15.9 Å². The summed E-state index contributed by atoms with van der Waals surface area (Å²) in [5, 5.41) is 0.673. The number of para-hydroxylation sites is 2. The van der Waals surface area contributed by atoms with Crippen molar-refractivity contribution in [3.63, 3.8) is 0 Å². The Morgan fingerprint density at radius 3 is 2.53 bits per heavy atom. The van der Waals surface area contributed by atoms with E-state index in [0.717, 1.165) is 68.1 Å². The van der Waals surface area contributed by atoms with Gasteiger partial charge >= 0.3 is 6.18 Å². The summed E-state index contributed by atoms with van der Waals surface area (Å²) in [5.74, 6) is 0.841. The molecule has 45 heavy (non-hydrogen) atoms. The van der Waals surface area contributed by atoms with Crippen LogP contribution in [0.2, 0.25) is 5.02 Å². The van der Waals surface area contributed by atoms with Crippen molar-refractivity contribution in [2.75, 3.05) is 64.4 Å². The Morgan fingerprint density at radius 2 is 1.76 bits per heavy atom. The van der Waals surface area contributed by atoms with Gasteiger partial charge in [0.25, 0.3) is 5.91 Å². The number of rotatable bonds is 12. The van der Waals surface area contributed by atoms with Crippen molar-refractivity contribution in [2.45, 2.75) is 31.5 Å². The van der Waals surface area contributed by atoms with Gasteiger partial charge in [0.05, 0.1) is 17.6 Å². The van der Waals surface area contributed by atoms with Crippen LogP contribution in [0.5, 0.6) is 0 Å². The van der Waals surface area contributed by atoms with Crippen molar-refractivity contribution in [2.24, 2.45) is 0 Å². The number of likely N-dealkylation sites (N-methyl/N-ethyl adjacent to an activating group) is 1. The number of halogens is 4. The highest BCUT2D eigenvalue weighted by atomic mass is 35.5. The molecule has 2 heterocycles. The number of alkyl halides is 3. The number of imidazole rings is 1. The first-order valence-corrected chi connectivity index (χ1v) is 15.7. The topological polar surface area (TPSA) is 53.8 Å². The lowest BCUT2D eigenvalue weighted by Gasteiger charge is -2.28. The van der Waals surface area contributed by atoms with Gasteiger partial charge in [-0.25, -0.2) is 4.98 Å². The third-order valence-electron chi connectivity index (χ3n) is 8.21. The van der Waals surface area contributed by atoms with Gasteiger partial charge in [0, 0.05) is 56.3 Å². The predicted molar refractivity (Wildman–Crippen MR) is 172 cm³/mol. The highest BCUT2D eigenvalue weighted by Crippen LogP contribution is 2.27. The molecule has 0 aliphatic carbocycles. The molecule has 1 aliphatic rings. The summed E-state index contributed by atoms with van der Waals surface area (Å²) in [7, 11) is 1.84. The van der Waals surface area contributed by atoms with Gasteiger partial charge in [-0.1, -0.05) is 54.1 Å². The highest BCUT2D eigenvalue weighted by Gasteiger charge is 2.28. The molecule has 3 aromatic carbocycles. The van der Waals surface area contributed by atoms with Crippen LogP contribution in [0.3, 0.4) is 0 Å². The first kappa shape index (κ1) is 32.8. The molecule has 1 aliphatic heterocycles. The fraction of sp³-hybridized carbons (Fsp3) is 0.412. The van der Waals surface area contributed by atoms with Crippen LogP contribution >= 0.6 is 11.6 Å². The number of hydrogen-bond acceptors (Lipinski definition) is 5. The van der Waals surface area contributed by atoms with E-state index in [1.807, 2.05) is 84.4 Å². The minimum atomic E-state index is -4.35. The Labute approximate surface area is 267 Å². The molecule has 0 saturated carbocycles. The van der Waals surface area contributed by atoms with Crippen LogP contribution in [-0.2, 0) is 11.3 Å². The van der Waals surface area contributed by atoms with Crippen molar-refractivity contribution in [3.8, 4) is 0 Å². The fourth-order valence-corrected chi connectivity index (χ4v) is 6.14. The van der Waals surface area contributed by atoms with Crippen molar-refractivity contribution < 1.29 is 22.7 Å². The largest absolute Gasteiger partial charge is 0.411 e. The predicted octanol–water partition coefficient (Wildman–Crippen LogP) is 6.73. The van der Waals surface area contributed by atoms with Crippen LogP contribution in [0.4, 0.5) is 19.1 Å². The lowest BCUT2D eigenvalue weighted by atomic mass is 9.94. The van der Waals surface area contributed by atoms with E-state index >= 15 is 0 Å². The molecule has 1 fully saturated rings. The minimum absolute atomic E-state index is 0.0141. The van der Waals surface area contributed by atoms with Gasteiger partial charge in [-0.05, 0) is 67.9 Å². The molecule has 0 bridgehead atoms. The van der Waals surface area contributed by atoms with E-state index in [1.54, 1.807) is 4.90 Å². The molecular formula is C34H39ClF3N5O2. The Bertz CT molecular complexity index is 1550. The second-order valence-corrected chi connectivity index (χ2v) is 11.9. The second kappa shape index (κ2) is 15.1. The standard InChI is InChI=1S/C34H39ClF3N5O2/c1-40(32(44)26-9-3-2-4-10-26)24-28(27-11-7-12-29(35)23-27)15-18-41-16-8-17-42(20-19-41)33-39-30-13-5-6-14-31(30)43(33)21-22-45-25-34(36,37)38/h2-7,9-14,23,28H,8,15-22,24-25H2,1H3. The van der Waals surface area contributed by atoms with Gasteiger partial charge in [-0.3, -0.25) is 4.79 Å². The molecule has 1 saturated heterocycles. The zero-order valence-electron chi connectivity index (χ0n) is 25.4. The molecule has 240 valence electrons. The summed E-state index contributed by atoms with van der Waals surface area (Å²) in [6.07, 6.45) is -2.59. The minimum Gasteiger partial charge on any atom is -0.370 e. The number of benzene rings is 3. The zero-order chi connectivity index (χ0) is 31.8. The van der Waals surface area contributed by atoms with Crippen LogP contribution in [0.25, 0.3) is 11.0 Å². The molecule has 7 nitrogen and oxygen atoms in total. The van der Waals surface area contributed by atoms with Gasteiger partial charge in [0.2, 0.25) is 5.95 Å². The average Bonchev–Trinajstić information content (AvgIpc) is 3.22. The lowest BCUT2D eigenvalue weighted by Crippen LogP contribution is -2.35. The summed E-state index contributed by atoms with van der Waals surface area (Å²) < 4.78 is 44.8. The summed E-state index contributed by atoms with van der Waals surface area (Å²) in [6.45, 7) is 3.62. The Morgan fingerprint density at radius 1 is 0.978 bits per heavy atom. The Kier molecular flexibility index (Phi) is 11.0. The molecular weight excluding hydrogens is 603 g/mol. The van der Waals surface area contributed by atoms with Crippen molar-refractivity contribution in [3.05, 3.63) is 95.0 Å². The maximum Gasteiger partial charge on any atom is 0.411 e. The molecule has 1 unspecified atom stereocenters. The summed E-state index contributed by atoms with van der Waals surface area (Å²) >= 11 is 6.37. The molecule has 0 N–H and O–H groups in total. The van der Waals surface area contributed by atoms with Crippen LogP contribution in [0.1, 0.15) is 34.7 Å². The lowest BCUT2D eigenvalue weighted by molar-refractivity contribution is -0.174. The van der Waals surface area contributed by atoms with Crippen molar-refractivity contribution >= 4 is 34.5 Å². The Balaban J connectivity index is 1.24. The number of nitrogens with zero attached hydrogens (tertiary/aromatic N) is 5. The van der Waals surface area contributed by atoms with Gasteiger partial charge in [-0.15, -0.1) is 0 Å². The first-order valence-electron chi connectivity index (χ1n) is 15.3. The summed E-state index contributed by atoms with van der Waals surface area (Å²) in [4.78, 5) is 24.5. The van der Waals surface area contributed by atoms with Gasteiger partial charge in [0.15, 0.2) is 0 Å². The molecule has 11 heteroatoms. The van der Waals surface area contributed by atoms with Crippen molar-refractivity contribution in [1.29, 1.82) is 0 Å². The molecule has 1 amide bonds. The SMILES string of the molecule is CN(CC(CCN1CCCN(c2nc3ccccc3n2CCOCC(F)(F)F)CC1)c1cccc(Cl)c1)C(=O)c1ccccc1. The van der Waals surface area contributed by atoms with Crippen LogP contribution in [0.15, 0.2) is 78.9 Å². The van der Waals surface area contributed by atoms with Crippen LogP contribution in [-0.4, -0.2) is 91.0 Å². The Hall–Kier alpha value is -3.60. The number of carbonyl (C=O) groups is 1. The smallest absolute Gasteiger partial charge is 0.370 e. The monoisotopic (exact) mass is 641 g/mol. The van der Waals surface area contributed by atoms with Gasteiger partial charge < -0.3 is 24.0 Å². The number of carbonyl (C=O) groups excluding carboxylic acids is 1. The number of amides is 1. The molecule has 0 spiro atoms. The van der Waals surface area contributed by atoms with E-state index in [4.69, 9.17) is 21.3 Å². The van der Waals surface area contributed by atoms with Crippen LogP contribution < -0.4 is 4.90 Å². The highest BCUT2D eigenvalue weighted by molar-refractivity contribution is 6.30. The van der Waals surface area contributed by atoms with E-state index in [-0.39, 0.29) is 25.0 Å². The molecule has 5 rings (SSSR count). The van der Waals surface area contributed by atoms with Crippen molar-refractivity contribution in [1.82, 2.24) is 19.4 Å². The third-order valence-corrected chi connectivity index (χ3v) is 8.44. The number of ether oxygens (including phenoxy) is 1. The van der Waals surface area contributed by atoms with Crippen LogP contribution in [0, 0.1) is 0 Å². The van der Waals surface area contributed by atoms with E-state index in [9.17, 15) is 18.0 Å². The summed E-state index contributed by atoms with van der Waals surface area (Å²) in [5.41, 5.74) is 3.45. The molecule has 4 aromatic rings. The van der Waals surface area contributed by atoms with Gasteiger partial charge in [-0.2, -0.15) is 13.2 Å². The number of hydrogen-bond donors (Lipinski definition) is 0. The van der Waals surface area contributed by atoms with E-state index < -0.39 is 12.8 Å². The number of fused-ring (bicyclic) bond motifs is 1. The number of aromatic nitrogens is 2. The maximum atomic E-state index is 13.1. The quantitative estimate of drug-likeness (QED) is 0.161. The van der Waals surface area contributed by atoms with E-state index in [0.29, 0.717) is 17.1 Å². The first-order chi connectivity index (χ1) is 21.7.